The summed E-state index contributed by atoms with van der Waals surface area (Å²) >= 11 is 0. The van der Waals surface area contributed by atoms with Gasteiger partial charge in [-0.15, -0.1) is 0 Å². The Hall–Kier alpha value is -4.53. The van der Waals surface area contributed by atoms with Gasteiger partial charge < -0.3 is 14.6 Å². The zero-order valence-corrected chi connectivity index (χ0v) is 18.7. The highest BCUT2D eigenvalue weighted by atomic mass is 19.1. The summed E-state index contributed by atoms with van der Waals surface area (Å²) in [5.74, 6) is -1.49. The van der Waals surface area contributed by atoms with E-state index in [-0.39, 0.29) is 29.9 Å². The Kier molecular flexibility index (Phi) is 5.74. The number of para-hydroxylation sites is 1. The van der Waals surface area contributed by atoms with Crippen molar-refractivity contribution in [2.45, 2.75) is 13.1 Å². The van der Waals surface area contributed by atoms with E-state index in [1.807, 2.05) is 36.4 Å². The summed E-state index contributed by atoms with van der Waals surface area (Å²) in [5.41, 5.74) is 1.79. The first-order valence-electron chi connectivity index (χ1n) is 10.8. The molecule has 2 aromatic heterocycles. The van der Waals surface area contributed by atoms with Crippen LogP contribution in [0.4, 0.5) is 14.5 Å². The maximum absolute atomic E-state index is 14.0. The summed E-state index contributed by atoms with van der Waals surface area (Å²) in [6, 6.07) is 17.5. The molecule has 0 saturated carbocycles. The molecule has 0 bridgehead atoms. The van der Waals surface area contributed by atoms with E-state index in [0.29, 0.717) is 22.8 Å². The average molecular weight is 474 g/mol. The molecule has 0 atom stereocenters. The van der Waals surface area contributed by atoms with Gasteiger partial charge in [0.2, 0.25) is 5.91 Å². The summed E-state index contributed by atoms with van der Waals surface area (Å²) in [7, 11) is 1.58. The Bertz CT molecular complexity index is 1620. The van der Waals surface area contributed by atoms with Crippen molar-refractivity contribution in [2.24, 2.45) is 0 Å². The van der Waals surface area contributed by atoms with E-state index in [1.165, 1.54) is 10.9 Å². The normalized spacial score (nSPS) is 11.2. The fraction of sp³-hybridized carbons (Fsp3) is 0.115. The Morgan fingerprint density at radius 2 is 1.83 bits per heavy atom. The lowest BCUT2D eigenvalue weighted by molar-refractivity contribution is -0.116. The maximum Gasteiger partial charge on any atom is 0.278 e. The molecule has 3 aromatic carbocycles. The van der Waals surface area contributed by atoms with Gasteiger partial charge >= 0.3 is 0 Å². The van der Waals surface area contributed by atoms with Crippen molar-refractivity contribution in [3.8, 4) is 5.75 Å². The number of carbonyl (C=O) groups excluding carboxylic acids is 1. The summed E-state index contributed by atoms with van der Waals surface area (Å²) in [4.78, 5) is 30.9. The second-order valence-corrected chi connectivity index (χ2v) is 8.00. The quantitative estimate of drug-likeness (QED) is 0.398. The lowest BCUT2D eigenvalue weighted by Gasteiger charge is -2.11. The third kappa shape index (κ3) is 4.23. The first-order valence-corrected chi connectivity index (χ1v) is 10.8. The first kappa shape index (κ1) is 22.3. The van der Waals surface area contributed by atoms with Crippen molar-refractivity contribution in [3.63, 3.8) is 0 Å². The number of nitrogens with zero attached hydrogens (tertiary/aromatic N) is 3. The number of hydrogen-bond acceptors (Lipinski definition) is 4. The van der Waals surface area contributed by atoms with Crippen LogP contribution in [0.3, 0.4) is 0 Å². The second kappa shape index (κ2) is 9.02. The SMILES string of the molecule is COc1ccc(Cn2cnc3c4ccccc4n(CC(=O)Nc4ccc(F)cc4F)c3c2=O)cc1. The number of aromatic nitrogens is 3. The van der Waals surface area contributed by atoms with E-state index in [1.54, 1.807) is 23.8 Å². The molecule has 1 N–H and O–H groups in total. The van der Waals surface area contributed by atoms with Gasteiger partial charge in [0.1, 0.15) is 35.0 Å². The third-order valence-electron chi connectivity index (χ3n) is 5.75. The van der Waals surface area contributed by atoms with Gasteiger partial charge in [0, 0.05) is 11.5 Å². The molecule has 0 saturated heterocycles. The van der Waals surface area contributed by atoms with Crippen molar-refractivity contribution in [1.82, 2.24) is 14.1 Å². The number of fused-ring (bicyclic) bond motifs is 3. The molecule has 0 spiro atoms. The maximum atomic E-state index is 14.0. The number of carbonyl (C=O) groups is 1. The molecule has 1 amide bonds. The zero-order chi connectivity index (χ0) is 24.5. The number of benzene rings is 3. The van der Waals surface area contributed by atoms with Crippen molar-refractivity contribution in [3.05, 3.63) is 101 Å². The summed E-state index contributed by atoms with van der Waals surface area (Å²) in [5, 5.41) is 3.17. The Morgan fingerprint density at radius 1 is 1.06 bits per heavy atom. The van der Waals surface area contributed by atoms with E-state index in [9.17, 15) is 18.4 Å². The van der Waals surface area contributed by atoms with Crippen LogP contribution in [0.2, 0.25) is 0 Å². The van der Waals surface area contributed by atoms with Crippen molar-refractivity contribution in [1.29, 1.82) is 0 Å². The Labute approximate surface area is 198 Å². The van der Waals surface area contributed by atoms with Gasteiger partial charge in [-0.05, 0) is 35.9 Å². The lowest BCUT2D eigenvalue weighted by atomic mass is 10.2. The number of halogens is 2. The fourth-order valence-electron chi connectivity index (χ4n) is 4.08. The molecular weight excluding hydrogens is 454 g/mol. The van der Waals surface area contributed by atoms with Crippen LogP contribution < -0.4 is 15.6 Å². The van der Waals surface area contributed by atoms with E-state index in [4.69, 9.17) is 4.74 Å². The highest BCUT2D eigenvalue weighted by Gasteiger charge is 2.19. The predicted molar refractivity (Wildman–Crippen MR) is 129 cm³/mol. The largest absolute Gasteiger partial charge is 0.497 e. The van der Waals surface area contributed by atoms with Crippen LogP contribution in [0.25, 0.3) is 21.9 Å². The Balaban J connectivity index is 1.55. The number of nitrogens with one attached hydrogen (secondary N) is 1. The van der Waals surface area contributed by atoms with Crippen molar-refractivity contribution >= 4 is 33.5 Å². The standard InChI is InChI=1S/C26H20F2N4O3/c1-35-18-9-6-16(7-10-18)13-31-15-29-24-19-4-2-3-5-22(19)32(25(24)26(31)34)14-23(33)30-21-11-8-17(27)12-20(21)28/h2-12,15H,13-14H2,1H3,(H,30,33). The van der Waals surface area contributed by atoms with Gasteiger partial charge in [-0.2, -0.15) is 0 Å². The topological polar surface area (TPSA) is 78.2 Å². The first-order chi connectivity index (χ1) is 16.9. The van der Waals surface area contributed by atoms with Gasteiger partial charge in [-0.25, -0.2) is 13.8 Å². The minimum absolute atomic E-state index is 0.146. The molecule has 176 valence electrons. The number of hydrogen-bond donors (Lipinski definition) is 1. The molecule has 0 fully saturated rings. The predicted octanol–water partition coefficient (Wildman–Crippen LogP) is 4.33. The third-order valence-corrected chi connectivity index (χ3v) is 5.75. The lowest BCUT2D eigenvalue weighted by Crippen LogP contribution is -2.25. The van der Waals surface area contributed by atoms with Crippen LogP contribution in [0.5, 0.6) is 5.75 Å². The van der Waals surface area contributed by atoms with Gasteiger partial charge in [-0.3, -0.25) is 14.2 Å². The van der Waals surface area contributed by atoms with Crippen LogP contribution >= 0.6 is 0 Å². The number of amides is 1. The summed E-state index contributed by atoms with van der Waals surface area (Å²) in [6.07, 6.45) is 1.49. The molecule has 5 rings (SSSR count). The van der Waals surface area contributed by atoms with Crippen LogP contribution in [0.1, 0.15) is 5.56 Å². The van der Waals surface area contributed by atoms with Crippen LogP contribution in [0.15, 0.2) is 77.9 Å². The molecule has 0 aliphatic carbocycles. The average Bonchev–Trinajstić information content (AvgIpc) is 3.17. The van der Waals surface area contributed by atoms with Crippen LogP contribution in [-0.2, 0) is 17.9 Å². The highest BCUT2D eigenvalue weighted by molar-refractivity contribution is 6.06. The number of rotatable bonds is 6. The van der Waals surface area contributed by atoms with Gasteiger partial charge in [0.25, 0.3) is 5.56 Å². The number of methoxy groups -OCH3 is 1. The van der Waals surface area contributed by atoms with Gasteiger partial charge in [0.15, 0.2) is 0 Å². The van der Waals surface area contributed by atoms with Crippen molar-refractivity contribution in [2.75, 3.05) is 12.4 Å². The highest BCUT2D eigenvalue weighted by Crippen LogP contribution is 2.25. The molecule has 7 nitrogen and oxygen atoms in total. The molecule has 9 heteroatoms. The van der Waals surface area contributed by atoms with E-state index in [0.717, 1.165) is 23.1 Å². The van der Waals surface area contributed by atoms with E-state index >= 15 is 0 Å². The van der Waals surface area contributed by atoms with E-state index in [2.05, 4.69) is 10.3 Å². The molecule has 2 heterocycles. The molecular formula is C26H20F2N4O3. The van der Waals surface area contributed by atoms with Crippen molar-refractivity contribution < 1.29 is 18.3 Å². The van der Waals surface area contributed by atoms with Crippen LogP contribution in [-0.4, -0.2) is 27.1 Å². The van der Waals surface area contributed by atoms with E-state index < -0.39 is 17.5 Å². The molecule has 5 aromatic rings. The molecule has 0 unspecified atom stereocenters. The van der Waals surface area contributed by atoms with Gasteiger partial charge in [-0.1, -0.05) is 30.3 Å². The molecule has 0 aliphatic heterocycles. The molecule has 35 heavy (non-hydrogen) atoms. The van der Waals surface area contributed by atoms with Gasteiger partial charge in [0.05, 0.1) is 31.2 Å². The summed E-state index contributed by atoms with van der Waals surface area (Å²) < 4.78 is 35.5. The fourth-order valence-corrected chi connectivity index (χ4v) is 4.08. The number of ether oxygens (including phenoxy) is 1. The summed E-state index contributed by atoms with van der Waals surface area (Å²) in [6.45, 7) is 0.0184. The minimum Gasteiger partial charge on any atom is -0.497 e. The second-order valence-electron chi connectivity index (χ2n) is 8.00. The smallest absolute Gasteiger partial charge is 0.278 e. The molecule has 0 aliphatic rings. The van der Waals surface area contributed by atoms with Crippen LogP contribution in [0, 0.1) is 11.6 Å². The number of anilines is 1. The molecule has 0 radical (unpaired) electrons. The Morgan fingerprint density at radius 3 is 2.57 bits per heavy atom. The zero-order valence-electron chi connectivity index (χ0n) is 18.7. The minimum atomic E-state index is -0.885. The monoisotopic (exact) mass is 474 g/mol.